The Hall–Kier alpha value is -2.83. The molecule has 210 valence electrons. The molecule has 1 atom stereocenters. The molecule has 2 aromatic rings. The van der Waals surface area contributed by atoms with Crippen molar-refractivity contribution >= 4 is 18.8 Å². The predicted octanol–water partition coefficient (Wildman–Crippen LogP) is 8.24. The van der Waals surface area contributed by atoms with Gasteiger partial charge in [0.15, 0.2) is 5.70 Å². The first-order valence-corrected chi connectivity index (χ1v) is 14.7. The molecule has 3 aliphatic rings. The number of aromatic nitrogens is 1. The molecule has 1 aromatic heterocycles. The van der Waals surface area contributed by atoms with Crippen molar-refractivity contribution in [3.63, 3.8) is 0 Å². The van der Waals surface area contributed by atoms with E-state index in [-0.39, 0.29) is 5.60 Å². The summed E-state index contributed by atoms with van der Waals surface area (Å²) < 4.78 is 40.2. The first-order valence-electron chi connectivity index (χ1n) is 14.7. The van der Waals surface area contributed by atoms with Crippen LogP contribution >= 0.6 is 0 Å². The van der Waals surface area contributed by atoms with E-state index in [1.165, 1.54) is 8.96 Å². The van der Waals surface area contributed by atoms with Gasteiger partial charge in [0.05, 0.1) is 0 Å². The number of phenols is 1. The quantitative estimate of drug-likeness (QED) is 0.259. The maximum absolute atomic E-state index is 15.6. The number of halogens is 2. The first-order chi connectivity index (χ1) is 18.4. The molecule has 0 spiro atoms. The molecule has 0 radical (unpaired) electrons. The Balaban J connectivity index is 1.08. The number of fused-ring (bicyclic) bond motifs is 3. The van der Waals surface area contributed by atoms with Crippen molar-refractivity contribution in [3.8, 4) is 11.5 Å². The Morgan fingerprint density at radius 1 is 0.974 bits per heavy atom. The first kappa shape index (κ1) is 27.7. The van der Waals surface area contributed by atoms with Crippen LogP contribution in [-0.4, -0.2) is 32.4 Å². The number of nitrogens with zero attached hydrogens (tertiary/aromatic N) is 2. The van der Waals surface area contributed by atoms with Crippen molar-refractivity contribution in [3.05, 3.63) is 63.1 Å². The summed E-state index contributed by atoms with van der Waals surface area (Å²) in [4.78, 5) is 0. The molecule has 0 fully saturated rings. The highest BCUT2D eigenvalue weighted by Gasteiger charge is 2.52. The molecular formula is C32H43BF2N2O2. The lowest BCUT2D eigenvalue weighted by Crippen LogP contribution is -2.50. The highest BCUT2D eigenvalue weighted by atomic mass is 19.2. The molecule has 0 saturated carbocycles. The largest absolute Gasteiger partial charge is 0.737 e. The predicted molar refractivity (Wildman–Crippen MR) is 156 cm³/mol. The molecule has 39 heavy (non-hydrogen) atoms. The third-order valence-corrected chi connectivity index (χ3v) is 9.39. The number of aryl methyl sites for hydroxylation is 2. The average molecular weight is 537 g/mol. The number of unbranched alkanes of at least 4 members (excludes halogenated alkanes) is 5. The summed E-state index contributed by atoms with van der Waals surface area (Å²) in [5, 5.41) is 10.4. The topological polar surface area (TPSA) is 37.4 Å². The van der Waals surface area contributed by atoms with Gasteiger partial charge in [0.1, 0.15) is 22.8 Å². The van der Waals surface area contributed by atoms with Crippen molar-refractivity contribution in [1.29, 1.82) is 0 Å². The summed E-state index contributed by atoms with van der Waals surface area (Å²) in [6.45, 7) is 8.02. The van der Waals surface area contributed by atoms with E-state index in [0.717, 1.165) is 97.1 Å². The molecule has 1 aromatic carbocycles. The Morgan fingerprint density at radius 3 is 2.41 bits per heavy atom. The highest BCUT2D eigenvalue weighted by molar-refractivity contribution is 6.58. The maximum atomic E-state index is 15.6. The van der Waals surface area contributed by atoms with Gasteiger partial charge in [-0.2, -0.15) is 0 Å². The van der Waals surface area contributed by atoms with Gasteiger partial charge < -0.3 is 27.4 Å². The molecule has 4 nitrogen and oxygen atoms in total. The number of phenolic OH excluding ortho intramolecular Hbond substituents is 1. The molecule has 7 heteroatoms. The van der Waals surface area contributed by atoms with Gasteiger partial charge in [-0.05, 0) is 108 Å². The van der Waals surface area contributed by atoms with E-state index >= 15 is 8.63 Å². The second-order valence-electron chi connectivity index (χ2n) is 12.3. The minimum absolute atomic E-state index is 0.164. The van der Waals surface area contributed by atoms with Gasteiger partial charge in [0.2, 0.25) is 0 Å². The number of ether oxygens (including phenoxy) is 1. The standard InChI is InChI=1S/C32H43BF2N2O2/c1-21-19-22(2)36-29(21)20-27-15-14-26(37(27)33(36,34)35)13-11-9-7-8-10-12-17-32(6)18-16-28-25(5)30(38)23(3)24(4)31(28)39-32/h14-15,19-20,38H,7-13,16-18H2,1-6H3/t32-/m1/s1. The molecular weight excluding hydrogens is 493 g/mol. The number of hydrogen-bond donors (Lipinski definition) is 1. The van der Waals surface area contributed by atoms with Gasteiger partial charge in [0.25, 0.3) is 0 Å². The van der Waals surface area contributed by atoms with Crippen LogP contribution in [0.1, 0.15) is 104 Å². The van der Waals surface area contributed by atoms with Gasteiger partial charge in [-0.15, -0.1) is 0 Å². The molecule has 0 saturated heterocycles. The molecule has 1 N–H and O–H groups in total. The average Bonchev–Trinajstić information content (AvgIpc) is 3.43. The smallest absolute Gasteiger partial charge is 0.507 e. The van der Waals surface area contributed by atoms with E-state index in [4.69, 9.17) is 4.74 Å². The summed E-state index contributed by atoms with van der Waals surface area (Å²) in [5.41, 5.74) is 7.42. The molecule has 3 aliphatic heterocycles. The summed E-state index contributed by atoms with van der Waals surface area (Å²) in [5.74, 6) is 1.38. The van der Waals surface area contributed by atoms with Crippen LogP contribution in [0.4, 0.5) is 8.63 Å². The van der Waals surface area contributed by atoms with Gasteiger partial charge in [-0.3, -0.25) is 0 Å². The molecule has 0 aliphatic carbocycles. The fourth-order valence-electron chi connectivity index (χ4n) is 6.88. The third-order valence-electron chi connectivity index (χ3n) is 9.39. The summed E-state index contributed by atoms with van der Waals surface area (Å²) in [6, 6.07) is 1.85. The van der Waals surface area contributed by atoms with Gasteiger partial charge >= 0.3 is 6.97 Å². The Kier molecular flexibility index (Phi) is 7.32. The van der Waals surface area contributed by atoms with Crippen molar-refractivity contribution < 1.29 is 23.0 Å². The van der Waals surface area contributed by atoms with Crippen molar-refractivity contribution in [2.24, 2.45) is 0 Å². The second-order valence-corrected chi connectivity index (χ2v) is 12.3. The zero-order valence-electron chi connectivity index (χ0n) is 24.5. The van der Waals surface area contributed by atoms with E-state index in [9.17, 15) is 5.11 Å². The minimum atomic E-state index is -3.86. The van der Waals surface area contributed by atoms with Crippen LogP contribution in [-0.2, 0) is 6.42 Å². The van der Waals surface area contributed by atoms with Crippen molar-refractivity contribution in [2.45, 2.75) is 111 Å². The molecule has 0 amide bonds. The lowest BCUT2D eigenvalue weighted by molar-refractivity contribution is -0.362. The van der Waals surface area contributed by atoms with Gasteiger partial charge in [-0.1, -0.05) is 25.7 Å². The van der Waals surface area contributed by atoms with E-state index < -0.39 is 6.97 Å². The second kappa shape index (κ2) is 10.3. The zero-order chi connectivity index (χ0) is 28.1. The lowest BCUT2D eigenvalue weighted by atomic mass is 9.84. The fourth-order valence-corrected chi connectivity index (χ4v) is 6.88. The monoisotopic (exact) mass is 536 g/mol. The number of hydrogen-bond acceptors (Lipinski definition) is 2. The number of benzene rings is 1. The van der Waals surface area contributed by atoms with Crippen LogP contribution in [0.15, 0.2) is 23.9 Å². The summed E-state index contributed by atoms with van der Waals surface area (Å²) in [7, 11) is 0. The van der Waals surface area contributed by atoms with E-state index in [1.54, 1.807) is 6.92 Å². The fraction of sp³-hybridized carbons (Fsp3) is 0.531. The normalized spacial score (nSPS) is 21.0. The summed E-state index contributed by atoms with van der Waals surface area (Å²) >= 11 is 0. The lowest BCUT2D eigenvalue weighted by Gasteiger charge is -2.38. The zero-order valence-corrected chi connectivity index (χ0v) is 24.5. The SMILES string of the molecule is Cc1cc(C)n2c1C=C1C=CC(CCCCCCCC[C@]3(C)CCc4c(C)c(O)c(C)c(C)c4O3)=[N+]1[B-]2(F)F. The number of aromatic hydroxyl groups is 1. The number of allylic oxidation sites excluding steroid dienone is 2. The van der Waals surface area contributed by atoms with Crippen LogP contribution in [0, 0.1) is 34.6 Å². The van der Waals surface area contributed by atoms with Crippen molar-refractivity contribution in [1.82, 2.24) is 4.48 Å². The van der Waals surface area contributed by atoms with Crippen LogP contribution in [0.3, 0.4) is 0 Å². The van der Waals surface area contributed by atoms with Gasteiger partial charge in [0, 0.05) is 35.9 Å². The van der Waals surface area contributed by atoms with Crippen LogP contribution in [0.2, 0.25) is 0 Å². The van der Waals surface area contributed by atoms with Crippen LogP contribution in [0.5, 0.6) is 11.5 Å². The van der Waals surface area contributed by atoms with Gasteiger partial charge in [-0.25, -0.2) is 0 Å². The third kappa shape index (κ3) is 4.87. The van der Waals surface area contributed by atoms with Crippen LogP contribution < -0.4 is 4.74 Å². The Labute approximate surface area is 232 Å². The Morgan fingerprint density at radius 2 is 1.67 bits per heavy atom. The molecule has 0 unspecified atom stereocenters. The minimum Gasteiger partial charge on any atom is -0.507 e. The molecule has 4 heterocycles. The van der Waals surface area contributed by atoms with E-state index in [0.29, 0.717) is 29.3 Å². The summed E-state index contributed by atoms with van der Waals surface area (Å²) in [6.07, 6.45) is 15.8. The van der Waals surface area contributed by atoms with E-state index in [2.05, 4.69) is 6.92 Å². The van der Waals surface area contributed by atoms with Crippen molar-refractivity contribution in [2.75, 3.05) is 0 Å². The highest BCUT2D eigenvalue weighted by Crippen LogP contribution is 2.44. The Bertz CT molecular complexity index is 1400. The molecule has 0 bridgehead atoms. The molecule has 5 rings (SSSR count). The number of rotatable bonds is 9. The van der Waals surface area contributed by atoms with Crippen LogP contribution in [0.25, 0.3) is 6.08 Å². The maximum Gasteiger partial charge on any atom is 0.737 e. The van der Waals surface area contributed by atoms with E-state index in [1.807, 2.05) is 52.0 Å².